The SMILES string of the molecule is CN(C(=O)c1ccc(CCC(C)(C)O)cc1)C1CCSCC1. The standard InChI is InChI=1S/C18H27NO2S/c1-18(2,21)11-8-14-4-6-15(7-5-14)17(20)19(3)16-9-12-22-13-10-16/h4-7,16,21H,8-13H2,1-3H3. The Kier molecular flexibility index (Phi) is 5.93. The van der Waals surface area contributed by atoms with Crippen molar-refractivity contribution < 1.29 is 9.90 Å². The Morgan fingerprint density at radius 2 is 1.86 bits per heavy atom. The highest BCUT2D eigenvalue weighted by molar-refractivity contribution is 7.99. The van der Waals surface area contributed by atoms with Crippen LogP contribution < -0.4 is 0 Å². The lowest BCUT2D eigenvalue weighted by Gasteiger charge is -2.31. The third kappa shape index (κ3) is 5.03. The molecule has 0 unspecified atom stereocenters. The maximum atomic E-state index is 12.6. The van der Waals surface area contributed by atoms with Gasteiger partial charge in [0.05, 0.1) is 5.60 Å². The predicted octanol–water partition coefficient (Wildman–Crippen LogP) is 3.36. The quantitative estimate of drug-likeness (QED) is 0.904. The van der Waals surface area contributed by atoms with Crippen LogP contribution in [-0.4, -0.2) is 46.1 Å². The molecule has 0 radical (unpaired) electrons. The smallest absolute Gasteiger partial charge is 0.253 e. The molecule has 1 aromatic rings. The number of hydrogen-bond acceptors (Lipinski definition) is 3. The molecule has 1 fully saturated rings. The molecule has 0 aromatic heterocycles. The molecule has 0 spiro atoms. The van der Waals surface area contributed by atoms with Gasteiger partial charge >= 0.3 is 0 Å². The molecule has 1 heterocycles. The molecule has 122 valence electrons. The van der Waals surface area contributed by atoms with Gasteiger partial charge in [-0.15, -0.1) is 0 Å². The highest BCUT2D eigenvalue weighted by Crippen LogP contribution is 2.22. The van der Waals surface area contributed by atoms with Crippen LogP contribution in [0.15, 0.2) is 24.3 Å². The number of carbonyl (C=O) groups is 1. The minimum atomic E-state index is -0.645. The summed E-state index contributed by atoms with van der Waals surface area (Å²) in [6, 6.07) is 8.21. The summed E-state index contributed by atoms with van der Waals surface area (Å²) >= 11 is 1.97. The van der Waals surface area contributed by atoms with Crippen molar-refractivity contribution in [2.75, 3.05) is 18.6 Å². The lowest BCUT2D eigenvalue weighted by Crippen LogP contribution is -2.39. The molecule has 1 N–H and O–H groups in total. The van der Waals surface area contributed by atoms with E-state index in [0.29, 0.717) is 6.04 Å². The Morgan fingerprint density at radius 1 is 1.27 bits per heavy atom. The molecule has 4 heteroatoms. The summed E-state index contributed by atoms with van der Waals surface area (Å²) in [4.78, 5) is 14.5. The van der Waals surface area contributed by atoms with Crippen LogP contribution in [0.3, 0.4) is 0 Å². The van der Waals surface area contributed by atoms with Gasteiger partial charge < -0.3 is 10.0 Å². The minimum Gasteiger partial charge on any atom is -0.390 e. The van der Waals surface area contributed by atoms with Crippen LogP contribution in [0.1, 0.15) is 49.0 Å². The second-order valence-electron chi connectivity index (χ2n) is 6.77. The normalized spacial score (nSPS) is 16.5. The highest BCUT2D eigenvalue weighted by Gasteiger charge is 2.23. The van der Waals surface area contributed by atoms with Gasteiger partial charge in [-0.1, -0.05) is 12.1 Å². The van der Waals surface area contributed by atoms with Crippen molar-refractivity contribution in [3.8, 4) is 0 Å². The van der Waals surface area contributed by atoms with Crippen LogP contribution in [-0.2, 0) is 6.42 Å². The second-order valence-corrected chi connectivity index (χ2v) is 7.99. The number of carbonyl (C=O) groups excluding carboxylic acids is 1. The van der Waals surface area contributed by atoms with Gasteiger partial charge in [0, 0.05) is 18.7 Å². The summed E-state index contributed by atoms with van der Waals surface area (Å²) in [5, 5.41) is 9.78. The van der Waals surface area contributed by atoms with E-state index in [1.54, 1.807) is 0 Å². The number of benzene rings is 1. The summed E-state index contributed by atoms with van der Waals surface area (Å²) in [5.74, 6) is 2.42. The van der Waals surface area contributed by atoms with Gasteiger partial charge in [-0.25, -0.2) is 0 Å². The molecule has 3 nitrogen and oxygen atoms in total. The van der Waals surface area contributed by atoms with Gasteiger partial charge in [0.25, 0.3) is 5.91 Å². The van der Waals surface area contributed by atoms with Gasteiger partial charge in [-0.2, -0.15) is 11.8 Å². The maximum absolute atomic E-state index is 12.6. The summed E-state index contributed by atoms with van der Waals surface area (Å²) in [6.07, 6.45) is 3.74. The first-order valence-electron chi connectivity index (χ1n) is 8.03. The fraction of sp³-hybridized carbons (Fsp3) is 0.611. The van der Waals surface area contributed by atoms with E-state index in [0.717, 1.165) is 48.3 Å². The summed E-state index contributed by atoms with van der Waals surface area (Å²) in [5.41, 5.74) is 1.27. The lowest BCUT2D eigenvalue weighted by atomic mass is 9.98. The lowest BCUT2D eigenvalue weighted by molar-refractivity contribution is 0.0708. The number of rotatable bonds is 5. The van der Waals surface area contributed by atoms with Gasteiger partial charge in [0.1, 0.15) is 0 Å². The molecule has 1 aliphatic rings. The molecule has 0 atom stereocenters. The van der Waals surface area contributed by atoms with E-state index < -0.39 is 5.60 Å². The Bertz CT molecular complexity index is 487. The van der Waals surface area contributed by atoms with Crippen molar-refractivity contribution in [2.24, 2.45) is 0 Å². The number of aryl methyl sites for hydroxylation is 1. The molecule has 1 saturated heterocycles. The van der Waals surface area contributed by atoms with Gasteiger partial charge in [-0.05, 0) is 68.7 Å². The molecular weight excluding hydrogens is 294 g/mol. The Hall–Kier alpha value is -1.00. The average molecular weight is 321 g/mol. The Labute approximate surface area is 138 Å². The third-order valence-corrected chi connectivity index (χ3v) is 5.33. The van der Waals surface area contributed by atoms with Crippen molar-refractivity contribution >= 4 is 17.7 Å². The van der Waals surface area contributed by atoms with Crippen LogP contribution in [0, 0.1) is 0 Å². The predicted molar refractivity (Wildman–Crippen MR) is 93.5 cm³/mol. The minimum absolute atomic E-state index is 0.117. The molecule has 1 amide bonds. The average Bonchev–Trinajstić information content (AvgIpc) is 2.52. The van der Waals surface area contributed by atoms with Crippen LogP contribution in [0.4, 0.5) is 0 Å². The number of amides is 1. The highest BCUT2D eigenvalue weighted by atomic mass is 32.2. The van der Waals surface area contributed by atoms with Crippen molar-refractivity contribution in [3.63, 3.8) is 0 Å². The van der Waals surface area contributed by atoms with E-state index in [1.165, 1.54) is 0 Å². The molecule has 0 saturated carbocycles. The summed E-state index contributed by atoms with van der Waals surface area (Å²) in [6.45, 7) is 3.64. The molecule has 1 aromatic carbocycles. The number of aliphatic hydroxyl groups is 1. The third-order valence-electron chi connectivity index (χ3n) is 4.29. The monoisotopic (exact) mass is 321 g/mol. The van der Waals surface area contributed by atoms with Crippen molar-refractivity contribution in [1.29, 1.82) is 0 Å². The van der Waals surface area contributed by atoms with E-state index in [1.807, 2.05) is 61.8 Å². The fourth-order valence-electron chi connectivity index (χ4n) is 2.71. The van der Waals surface area contributed by atoms with E-state index in [9.17, 15) is 9.90 Å². The second kappa shape index (κ2) is 7.51. The van der Waals surface area contributed by atoms with E-state index in [-0.39, 0.29) is 5.91 Å². The van der Waals surface area contributed by atoms with Crippen LogP contribution in [0.2, 0.25) is 0 Å². The van der Waals surface area contributed by atoms with E-state index >= 15 is 0 Å². The maximum Gasteiger partial charge on any atom is 0.253 e. The zero-order chi connectivity index (χ0) is 16.2. The first-order valence-corrected chi connectivity index (χ1v) is 9.18. The first kappa shape index (κ1) is 17.4. The topological polar surface area (TPSA) is 40.5 Å². The number of nitrogens with zero attached hydrogens (tertiary/aromatic N) is 1. The molecule has 0 bridgehead atoms. The number of hydrogen-bond donors (Lipinski definition) is 1. The fourth-order valence-corrected chi connectivity index (χ4v) is 3.79. The zero-order valence-electron chi connectivity index (χ0n) is 13.8. The van der Waals surface area contributed by atoms with Gasteiger partial charge in [0.15, 0.2) is 0 Å². The zero-order valence-corrected chi connectivity index (χ0v) is 14.7. The van der Waals surface area contributed by atoms with Crippen LogP contribution in [0.25, 0.3) is 0 Å². The summed E-state index contributed by atoms with van der Waals surface area (Å²) in [7, 11) is 1.92. The largest absolute Gasteiger partial charge is 0.390 e. The molecule has 22 heavy (non-hydrogen) atoms. The first-order chi connectivity index (χ1) is 10.4. The van der Waals surface area contributed by atoms with Gasteiger partial charge in [0.2, 0.25) is 0 Å². The van der Waals surface area contributed by atoms with Crippen LogP contribution >= 0.6 is 11.8 Å². The Balaban J connectivity index is 1.95. The molecule has 0 aliphatic carbocycles. The molecule has 2 rings (SSSR count). The van der Waals surface area contributed by atoms with Crippen molar-refractivity contribution in [2.45, 2.75) is 51.2 Å². The Morgan fingerprint density at radius 3 is 2.41 bits per heavy atom. The summed E-state index contributed by atoms with van der Waals surface area (Å²) < 4.78 is 0. The van der Waals surface area contributed by atoms with Crippen molar-refractivity contribution in [1.82, 2.24) is 4.90 Å². The van der Waals surface area contributed by atoms with Crippen LogP contribution in [0.5, 0.6) is 0 Å². The van der Waals surface area contributed by atoms with Gasteiger partial charge in [-0.3, -0.25) is 4.79 Å². The molecular formula is C18H27NO2S. The van der Waals surface area contributed by atoms with E-state index in [2.05, 4.69) is 0 Å². The molecule has 1 aliphatic heterocycles. The number of thioether (sulfide) groups is 1. The van der Waals surface area contributed by atoms with Crippen molar-refractivity contribution in [3.05, 3.63) is 35.4 Å². The van der Waals surface area contributed by atoms with E-state index in [4.69, 9.17) is 0 Å².